The standard InChI is InChI=1S/C11H13F3N2O2/c1-2-15-7-10(17)16-8-5-3-4-6-9(8)18-11(12,13)14/h3-6,15H,2,7H2,1H3,(H,16,17). The van der Waals surface area contributed by atoms with Crippen molar-refractivity contribution in [3.8, 4) is 5.75 Å². The largest absolute Gasteiger partial charge is 0.573 e. The van der Waals surface area contributed by atoms with Crippen molar-refractivity contribution in [1.29, 1.82) is 0 Å². The molecule has 0 spiro atoms. The van der Waals surface area contributed by atoms with Crippen LogP contribution in [0.5, 0.6) is 5.75 Å². The average Bonchev–Trinajstić information content (AvgIpc) is 2.27. The summed E-state index contributed by atoms with van der Waals surface area (Å²) in [6.45, 7) is 2.43. The van der Waals surface area contributed by atoms with Crippen molar-refractivity contribution in [2.24, 2.45) is 0 Å². The molecule has 0 aliphatic heterocycles. The van der Waals surface area contributed by atoms with Gasteiger partial charge in [0.2, 0.25) is 5.91 Å². The van der Waals surface area contributed by atoms with Crippen LogP contribution in [0.1, 0.15) is 6.92 Å². The summed E-state index contributed by atoms with van der Waals surface area (Å²) in [5, 5.41) is 5.10. The minimum Gasteiger partial charge on any atom is -0.404 e. The molecular weight excluding hydrogens is 249 g/mol. The predicted octanol–water partition coefficient (Wildman–Crippen LogP) is 2.13. The molecule has 1 aromatic rings. The first kappa shape index (κ1) is 14.3. The zero-order valence-corrected chi connectivity index (χ0v) is 9.67. The van der Waals surface area contributed by atoms with E-state index >= 15 is 0 Å². The third-order valence-electron chi connectivity index (χ3n) is 1.92. The summed E-state index contributed by atoms with van der Waals surface area (Å²) in [5.74, 6) is -0.870. The van der Waals surface area contributed by atoms with Crippen molar-refractivity contribution in [3.05, 3.63) is 24.3 Å². The summed E-state index contributed by atoms with van der Waals surface area (Å²) < 4.78 is 40.1. The van der Waals surface area contributed by atoms with E-state index in [4.69, 9.17) is 0 Å². The Morgan fingerprint density at radius 3 is 2.61 bits per heavy atom. The Morgan fingerprint density at radius 1 is 1.33 bits per heavy atom. The van der Waals surface area contributed by atoms with Gasteiger partial charge in [-0.15, -0.1) is 13.2 Å². The van der Waals surface area contributed by atoms with Gasteiger partial charge in [-0.25, -0.2) is 0 Å². The van der Waals surface area contributed by atoms with Gasteiger partial charge in [0.15, 0.2) is 5.75 Å². The number of nitrogens with one attached hydrogen (secondary N) is 2. The van der Waals surface area contributed by atoms with Gasteiger partial charge in [0.25, 0.3) is 0 Å². The van der Waals surface area contributed by atoms with Crippen molar-refractivity contribution >= 4 is 11.6 Å². The molecule has 100 valence electrons. The highest BCUT2D eigenvalue weighted by molar-refractivity contribution is 5.93. The lowest BCUT2D eigenvalue weighted by molar-refractivity contribution is -0.274. The van der Waals surface area contributed by atoms with Gasteiger partial charge in [-0.3, -0.25) is 4.79 Å². The average molecular weight is 262 g/mol. The van der Waals surface area contributed by atoms with Crippen LogP contribution in [-0.4, -0.2) is 25.4 Å². The Labute approximate surface area is 102 Å². The number of alkyl halides is 3. The van der Waals surface area contributed by atoms with Gasteiger partial charge in [-0.2, -0.15) is 0 Å². The van der Waals surface area contributed by atoms with E-state index in [1.165, 1.54) is 18.2 Å². The van der Waals surface area contributed by atoms with E-state index in [-0.39, 0.29) is 12.2 Å². The van der Waals surface area contributed by atoms with E-state index in [2.05, 4.69) is 15.4 Å². The fourth-order valence-corrected chi connectivity index (χ4v) is 1.22. The zero-order chi connectivity index (χ0) is 13.6. The molecule has 0 saturated heterocycles. The number of amides is 1. The maximum Gasteiger partial charge on any atom is 0.573 e. The third-order valence-corrected chi connectivity index (χ3v) is 1.92. The van der Waals surface area contributed by atoms with Crippen LogP contribution in [0.15, 0.2) is 24.3 Å². The molecule has 1 rings (SSSR count). The molecule has 0 radical (unpaired) electrons. The van der Waals surface area contributed by atoms with Crippen LogP contribution in [0.25, 0.3) is 0 Å². The number of likely N-dealkylation sites (N-methyl/N-ethyl adjacent to an activating group) is 1. The molecule has 0 atom stereocenters. The number of carbonyl (C=O) groups is 1. The molecule has 1 aromatic carbocycles. The molecule has 0 fully saturated rings. The molecular formula is C11H13F3N2O2. The van der Waals surface area contributed by atoms with Crippen molar-refractivity contribution in [1.82, 2.24) is 5.32 Å². The fourth-order valence-electron chi connectivity index (χ4n) is 1.22. The highest BCUT2D eigenvalue weighted by Gasteiger charge is 2.32. The summed E-state index contributed by atoms with van der Waals surface area (Å²) in [7, 11) is 0. The molecule has 2 N–H and O–H groups in total. The molecule has 18 heavy (non-hydrogen) atoms. The maximum absolute atomic E-state index is 12.1. The molecule has 0 heterocycles. The van der Waals surface area contributed by atoms with Crippen LogP contribution in [-0.2, 0) is 4.79 Å². The topological polar surface area (TPSA) is 50.4 Å². The summed E-state index contributed by atoms with van der Waals surface area (Å²) in [6.07, 6.45) is -4.79. The SMILES string of the molecule is CCNCC(=O)Nc1ccccc1OC(F)(F)F. The molecule has 0 aliphatic rings. The molecule has 7 heteroatoms. The van der Waals surface area contributed by atoms with Crippen molar-refractivity contribution in [2.75, 3.05) is 18.4 Å². The smallest absolute Gasteiger partial charge is 0.404 e. The highest BCUT2D eigenvalue weighted by Crippen LogP contribution is 2.29. The molecule has 0 saturated carbocycles. The number of benzene rings is 1. The molecule has 0 aromatic heterocycles. The Morgan fingerprint density at radius 2 is 2.00 bits per heavy atom. The lowest BCUT2D eigenvalue weighted by atomic mass is 10.3. The van der Waals surface area contributed by atoms with Crippen LogP contribution in [0, 0.1) is 0 Å². The zero-order valence-electron chi connectivity index (χ0n) is 9.67. The van der Waals surface area contributed by atoms with Gasteiger partial charge >= 0.3 is 6.36 Å². The van der Waals surface area contributed by atoms with Gasteiger partial charge < -0.3 is 15.4 Å². The van der Waals surface area contributed by atoms with Crippen LogP contribution >= 0.6 is 0 Å². The van der Waals surface area contributed by atoms with Crippen LogP contribution in [0.4, 0.5) is 18.9 Å². The number of anilines is 1. The van der Waals surface area contributed by atoms with E-state index in [1.54, 1.807) is 0 Å². The Bertz CT molecular complexity index is 408. The second kappa shape index (κ2) is 6.25. The summed E-state index contributed by atoms with van der Waals surface area (Å²) in [6, 6.07) is 5.37. The Balaban J connectivity index is 2.73. The molecule has 0 bridgehead atoms. The van der Waals surface area contributed by atoms with Gasteiger partial charge in [0.05, 0.1) is 12.2 Å². The second-order valence-electron chi connectivity index (χ2n) is 3.37. The monoisotopic (exact) mass is 262 g/mol. The number of hydrogen-bond donors (Lipinski definition) is 2. The fraction of sp³-hybridized carbons (Fsp3) is 0.364. The summed E-state index contributed by atoms with van der Waals surface area (Å²) in [5.41, 5.74) is -0.0160. The number of rotatable bonds is 5. The second-order valence-corrected chi connectivity index (χ2v) is 3.37. The Hall–Kier alpha value is -1.76. The molecule has 1 amide bonds. The summed E-state index contributed by atoms with van der Waals surface area (Å²) >= 11 is 0. The lowest BCUT2D eigenvalue weighted by Crippen LogP contribution is -2.28. The first-order chi connectivity index (χ1) is 8.42. The van der Waals surface area contributed by atoms with Gasteiger partial charge in [0, 0.05) is 0 Å². The van der Waals surface area contributed by atoms with E-state index in [0.29, 0.717) is 6.54 Å². The number of halogens is 3. The Kier molecular flexibility index (Phi) is 4.96. The van der Waals surface area contributed by atoms with E-state index in [0.717, 1.165) is 6.07 Å². The molecule has 0 unspecified atom stereocenters. The number of hydrogen-bond acceptors (Lipinski definition) is 3. The third kappa shape index (κ3) is 5.05. The van der Waals surface area contributed by atoms with Gasteiger partial charge in [-0.1, -0.05) is 19.1 Å². The van der Waals surface area contributed by atoms with Gasteiger partial charge in [-0.05, 0) is 18.7 Å². The highest BCUT2D eigenvalue weighted by atomic mass is 19.4. The van der Waals surface area contributed by atoms with E-state index < -0.39 is 18.0 Å². The maximum atomic E-state index is 12.1. The predicted molar refractivity (Wildman–Crippen MR) is 60.3 cm³/mol. The normalized spacial score (nSPS) is 11.1. The van der Waals surface area contributed by atoms with Crippen LogP contribution in [0.2, 0.25) is 0 Å². The quantitative estimate of drug-likeness (QED) is 0.854. The first-order valence-electron chi connectivity index (χ1n) is 5.27. The minimum absolute atomic E-state index is 0.0160. The first-order valence-corrected chi connectivity index (χ1v) is 5.27. The molecule has 4 nitrogen and oxygen atoms in total. The number of carbonyl (C=O) groups excluding carboxylic acids is 1. The minimum atomic E-state index is -4.79. The van der Waals surface area contributed by atoms with Crippen molar-refractivity contribution < 1.29 is 22.7 Å². The number of para-hydroxylation sites is 2. The summed E-state index contributed by atoms with van der Waals surface area (Å²) in [4.78, 5) is 11.4. The molecule has 0 aliphatic carbocycles. The number of ether oxygens (including phenoxy) is 1. The van der Waals surface area contributed by atoms with Crippen LogP contribution in [0.3, 0.4) is 0 Å². The van der Waals surface area contributed by atoms with Crippen LogP contribution < -0.4 is 15.4 Å². The van der Waals surface area contributed by atoms with Gasteiger partial charge in [0.1, 0.15) is 0 Å². The van der Waals surface area contributed by atoms with Crippen molar-refractivity contribution in [3.63, 3.8) is 0 Å². The van der Waals surface area contributed by atoms with E-state index in [9.17, 15) is 18.0 Å². The van der Waals surface area contributed by atoms with Crippen molar-refractivity contribution in [2.45, 2.75) is 13.3 Å². The van der Waals surface area contributed by atoms with E-state index in [1.807, 2.05) is 6.92 Å². The lowest BCUT2D eigenvalue weighted by Gasteiger charge is -2.13.